The van der Waals surface area contributed by atoms with E-state index >= 15 is 0 Å². The summed E-state index contributed by atoms with van der Waals surface area (Å²) >= 11 is 0. The van der Waals surface area contributed by atoms with Gasteiger partial charge in [0.05, 0.1) is 7.11 Å². The predicted molar refractivity (Wildman–Crippen MR) is 111 cm³/mol. The number of methoxy groups -OCH3 is 1. The second kappa shape index (κ2) is 9.24. The number of nitrogens with zero attached hydrogens (tertiary/aromatic N) is 4. The molecule has 0 radical (unpaired) electrons. The van der Waals surface area contributed by atoms with Crippen LogP contribution in [0.5, 0.6) is 5.75 Å². The van der Waals surface area contributed by atoms with Crippen molar-refractivity contribution in [3.63, 3.8) is 0 Å². The molecule has 0 spiro atoms. The van der Waals surface area contributed by atoms with Crippen LogP contribution in [0.15, 0.2) is 30.6 Å². The molecule has 1 atom stereocenters. The number of benzene rings is 1. The van der Waals surface area contributed by atoms with Crippen LogP contribution in [0.3, 0.4) is 0 Å². The van der Waals surface area contributed by atoms with Crippen molar-refractivity contribution in [3.05, 3.63) is 47.5 Å². The average molecular weight is 385 g/mol. The van der Waals surface area contributed by atoms with E-state index in [2.05, 4.69) is 34.7 Å². The Morgan fingerprint density at radius 2 is 2.18 bits per heavy atom. The number of ether oxygens (including phenoxy) is 1. The maximum Gasteiger partial charge on any atom is 0.254 e. The third-order valence-corrected chi connectivity index (χ3v) is 5.49. The molecule has 6 nitrogen and oxygen atoms in total. The van der Waals surface area contributed by atoms with Gasteiger partial charge in [0, 0.05) is 43.5 Å². The molecule has 3 rings (SSSR count). The first-order valence-electron chi connectivity index (χ1n) is 10.1. The van der Waals surface area contributed by atoms with Crippen LogP contribution in [0.1, 0.15) is 46.9 Å². The Morgan fingerprint density at radius 1 is 1.36 bits per heavy atom. The summed E-state index contributed by atoms with van der Waals surface area (Å²) in [6.07, 6.45) is 7.14. The molecule has 0 aliphatic carbocycles. The number of rotatable bonds is 7. The number of carbonyl (C=O) groups excluding carboxylic acids is 1. The fraction of sp³-hybridized carbons (Fsp3) is 0.545. The van der Waals surface area contributed by atoms with Crippen LogP contribution in [-0.2, 0) is 6.54 Å². The maximum absolute atomic E-state index is 13.1. The van der Waals surface area contributed by atoms with E-state index in [9.17, 15) is 4.79 Å². The summed E-state index contributed by atoms with van der Waals surface area (Å²) in [4.78, 5) is 21.9. The third-order valence-electron chi connectivity index (χ3n) is 5.49. The predicted octanol–water partition coefficient (Wildman–Crippen LogP) is 3.17. The summed E-state index contributed by atoms with van der Waals surface area (Å²) in [7, 11) is 5.84. The summed E-state index contributed by atoms with van der Waals surface area (Å²) in [6, 6.07) is 5.66. The van der Waals surface area contributed by atoms with Crippen LogP contribution in [0.4, 0.5) is 0 Å². The van der Waals surface area contributed by atoms with Crippen molar-refractivity contribution < 1.29 is 9.53 Å². The molecular weight excluding hydrogens is 352 g/mol. The molecule has 1 aliphatic heterocycles. The Bertz CT molecular complexity index is 800. The number of aryl methyl sites for hydroxylation is 2. The van der Waals surface area contributed by atoms with Gasteiger partial charge in [0.1, 0.15) is 11.6 Å². The van der Waals surface area contributed by atoms with Crippen LogP contribution >= 0.6 is 0 Å². The summed E-state index contributed by atoms with van der Waals surface area (Å²) in [5.74, 6) is 2.30. The standard InChI is InChI=1S/C22H32N4O2/c1-17-15-19(28-4)8-9-20(17)22(27)26-12-5-7-18(16-26)21-23-10-14-25(21)13-6-11-24(2)3/h8-10,14-15,18H,5-7,11-13,16H2,1-4H3. The van der Waals surface area contributed by atoms with Crippen LogP contribution < -0.4 is 4.74 Å². The number of hydrogen-bond acceptors (Lipinski definition) is 4. The molecular formula is C22H32N4O2. The van der Waals surface area contributed by atoms with E-state index < -0.39 is 0 Å². The smallest absolute Gasteiger partial charge is 0.254 e. The van der Waals surface area contributed by atoms with Gasteiger partial charge in [-0.3, -0.25) is 4.79 Å². The quantitative estimate of drug-likeness (QED) is 0.736. The first kappa shape index (κ1) is 20.4. The zero-order chi connectivity index (χ0) is 20.1. The van der Waals surface area contributed by atoms with Crippen LogP contribution in [-0.4, -0.2) is 66.1 Å². The lowest BCUT2D eigenvalue weighted by Crippen LogP contribution is -2.40. The first-order valence-corrected chi connectivity index (χ1v) is 10.1. The first-order chi connectivity index (χ1) is 13.5. The molecule has 6 heteroatoms. The number of hydrogen-bond donors (Lipinski definition) is 0. The van der Waals surface area contributed by atoms with Gasteiger partial charge in [0.25, 0.3) is 5.91 Å². The lowest BCUT2D eigenvalue weighted by atomic mass is 9.96. The van der Waals surface area contributed by atoms with E-state index in [-0.39, 0.29) is 5.91 Å². The van der Waals surface area contributed by atoms with Gasteiger partial charge in [-0.15, -0.1) is 0 Å². The SMILES string of the molecule is COc1ccc(C(=O)N2CCCC(c3nccn3CCCN(C)C)C2)c(C)c1. The highest BCUT2D eigenvalue weighted by molar-refractivity contribution is 5.96. The highest BCUT2D eigenvalue weighted by Crippen LogP contribution is 2.28. The highest BCUT2D eigenvalue weighted by Gasteiger charge is 2.28. The van der Waals surface area contributed by atoms with Gasteiger partial charge in [-0.2, -0.15) is 0 Å². The largest absolute Gasteiger partial charge is 0.497 e. The van der Waals surface area contributed by atoms with Crippen molar-refractivity contribution in [2.24, 2.45) is 0 Å². The van der Waals surface area contributed by atoms with Gasteiger partial charge in [0.2, 0.25) is 0 Å². The second-order valence-electron chi connectivity index (χ2n) is 7.91. The van der Waals surface area contributed by atoms with E-state index in [0.717, 1.165) is 68.1 Å². The Hall–Kier alpha value is -2.34. The molecule has 2 heterocycles. The molecule has 152 valence electrons. The molecule has 1 aromatic carbocycles. The molecule has 1 aromatic heterocycles. The van der Waals surface area contributed by atoms with Gasteiger partial charge in [-0.05, 0) is 70.6 Å². The molecule has 1 fully saturated rings. The number of likely N-dealkylation sites (tertiary alicyclic amines) is 1. The number of amides is 1. The van der Waals surface area contributed by atoms with E-state index in [1.54, 1.807) is 7.11 Å². The molecule has 1 saturated heterocycles. The second-order valence-corrected chi connectivity index (χ2v) is 7.91. The van der Waals surface area contributed by atoms with Crippen LogP contribution in [0, 0.1) is 6.92 Å². The molecule has 0 bridgehead atoms. The van der Waals surface area contributed by atoms with Gasteiger partial charge in [-0.1, -0.05) is 0 Å². The Morgan fingerprint density at radius 3 is 2.89 bits per heavy atom. The molecule has 0 saturated carbocycles. The van der Waals surface area contributed by atoms with Crippen molar-refractivity contribution in [2.45, 2.75) is 38.6 Å². The maximum atomic E-state index is 13.1. The molecule has 1 aliphatic rings. The van der Waals surface area contributed by atoms with Gasteiger partial charge < -0.3 is 19.1 Å². The average Bonchev–Trinajstić information content (AvgIpc) is 3.15. The molecule has 2 aromatic rings. The van der Waals surface area contributed by atoms with Crippen molar-refractivity contribution in [1.82, 2.24) is 19.4 Å². The summed E-state index contributed by atoms with van der Waals surface area (Å²) in [6.45, 7) is 5.53. The van der Waals surface area contributed by atoms with E-state index in [1.807, 2.05) is 36.2 Å². The normalized spacial score (nSPS) is 17.2. The minimum atomic E-state index is 0.107. The summed E-state index contributed by atoms with van der Waals surface area (Å²) < 4.78 is 7.53. The zero-order valence-corrected chi connectivity index (χ0v) is 17.5. The summed E-state index contributed by atoms with van der Waals surface area (Å²) in [5.41, 5.74) is 1.72. The minimum Gasteiger partial charge on any atom is -0.497 e. The fourth-order valence-corrected chi connectivity index (χ4v) is 3.97. The monoisotopic (exact) mass is 384 g/mol. The Balaban J connectivity index is 1.69. The van der Waals surface area contributed by atoms with E-state index in [4.69, 9.17) is 4.74 Å². The Kier molecular flexibility index (Phi) is 6.73. The fourth-order valence-electron chi connectivity index (χ4n) is 3.97. The van der Waals surface area contributed by atoms with Crippen molar-refractivity contribution in [2.75, 3.05) is 40.8 Å². The number of carbonyl (C=O) groups is 1. The van der Waals surface area contributed by atoms with E-state index in [0.29, 0.717) is 5.92 Å². The van der Waals surface area contributed by atoms with Gasteiger partial charge in [-0.25, -0.2) is 4.98 Å². The zero-order valence-electron chi connectivity index (χ0n) is 17.5. The molecule has 1 amide bonds. The van der Waals surface area contributed by atoms with Crippen LogP contribution in [0.25, 0.3) is 0 Å². The lowest BCUT2D eigenvalue weighted by Gasteiger charge is -2.33. The molecule has 28 heavy (non-hydrogen) atoms. The number of piperidine rings is 1. The van der Waals surface area contributed by atoms with Gasteiger partial charge >= 0.3 is 0 Å². The van der Waals surface area contributed by atoms with E-state index in [1.165, 1.54) is 0 Å². The highest BCUT2D eigenvalue weighted by atomic mass is 16.5. The van der Waals surface area contributed by atoms with Gasteiger partial charge in [0.15, 0.2) is 0 Å². The molecule has 0 N–H and O–H groups in total. The van der Waals surface area contributed by atoms with Crippen molar-refractivity contribution in [1.29, 1.82) is 0 Å². The molecule has 1 unspecified atom stereocenters. The third kappa shape index (κ3) is 4.73. The van der Waals surface area contributed by atoms with Crippen molar-refractivity contribution in [3.8, 4) is 5.75 Å². The summed E-state index contributed by atoms with van der Waals surface area (Å²) in [5, 5.41) is 0. The van der Waals surface area contributed by atoms with Crippen LogP contribution in [0.2, 0.25) is 0 Å². The minimum absolute atomic E-state index is 0.107. The lowest BCUT2D eigenvalue weighted by molar-refractivity contribution is 0.0702. The topological polar surface area (TPSA) is 50.6 Å². The Labute approximate surface area is 168 Å². The number of imidazole rings is 1. The number of aromatic nitrogens is 2. The van der Waals surface area contributed by atoms with Crippen molar-refractivity contribution >= 4 is 5.91 Å².